The summed E-state index contributed by atoms with van der Waals surface area (Å²) in [5, 5.41) is 6.09. The van der Waals surface area contributed by atoms with Crippen LogP contribution in [0, 0.1) is 0 Å². The van der Waals surface area contributed by atoms with E-state index in [-0.39, 0.29) is 6.10 Å². The summed E-state index contributed by atoms with van der Waals surface area (Å²) in [4.78, 5) is 25.6. The van der Waals surface area contributed by atoms with Crippen molar-refractivity contribution in [3.05, 3.63) is 44.7 Å². The maximum absolute atomic E-state index is 11.8. The van der Waals surface area contributed by atoms with Crippen molar-refractivity contribution < 1.29 is 9.47 Å². The number of rotatable bonds is 8. The Kier molecular flexibility index (Phi) is 5.23. The summed E-state index contributed by atoms with van der Waals surface area (Å²) in [5.41, 5.74) is -0.219. The summed E-state index contributed by atoms with van der Waals surface area (Å²) in [6, 6.07) is 7.46. The zero-order valence-corrected chi connectivity index (χ0v) is 14.5. The van der Waals surface area contributed by atoms with Gasteiger partial charge in [0.25, 0.3) is 10.9 Å². The van der Waals surface area contributed by atoms with Crippen LogP contribution in [0.1, 0.15) is 6.42 Å². The van der Waals surface area contributed by atoms with Crippen molar-refractivity contribution in [2.24, 2.45) is 0 Å². The van der Waals surface area contributed by atoms with Gasteiger partial charge in [-0.3, -0.25) is 9.59 Å². The molecular formula is C18H23N3O4. The Morgan fingerprint density at radius 3 is 2.48 bits per heavy atom. The maximum atomic E-state index is 11.8. The highest BCUT2D eigenvalue weighted by Gasteiger charge is 2.24. The van der Waals surface area contributed by atoms with Crippen LogP contribution in [-0.4, -0.2) is 51.3 Å². The number of para-hydroxylation sites is 2. The summed E-state index contributed by atoms with van der Waals surface area (Å²) >= 11 is 0. The molecule has 0 unspecified atom stereocenters. The molecule has 1 aliphatic rings. The van der Waals surface area contributed by atoms with Crippen molar-refractivity contribution >= 4 is 11.4 Å². The molecule has 1 aliphatic heterocycles. The van der Waals surface area contributed by atoms with Crippen molar-refractivity contribution in [1.82, 2.24) is 4.90 Å². The smallest absolute Gasteiger partial charge is 0.253 e. The molecule has 7 nitrogen and oxygen atoms in total. The van der Waals surface area contributed by atoms with Gasteiger partial charge in [0, 0.05) is 6.54 Å². The fourth-order valence-electron chi connectivity index (χ4n) is 2.72. The van der Waals surface area contributed by atoms with E-state index in [1.165, 1.54) is 0 Å². The van der Waals surface area contributed by atoms with Crippen molar-refractivity contribution in [3.8, 4) is 11.5 Å². The second kappa shape index (κ2) is 7.57. The van der Waals surface area contributed by atoms with E-state index in [1.807, 2.05) is 38.4 Å². The largest absolute Gasteiger partial charge is 0.486 e. The summed E-state index contributed by atoms with van der Waals surface area (Å²) < 4.78 is 11.5. The fraction of sp³-hybridized carbons (Fsp3) is 0.444. The predicted octanol–water partition coefficient (Wildman–Crippen LogP) is 0.898. The van der Waals surface area contributed by atoms with Crippen LogP contribution in [0.5, 0.6) is 11.5 Å². The monoisotopic (exact) mass is 345 g/mol. The molecular weight excluding hydrogens is 322 g/mol. The van der Waals surface area contributed by atoms with Gasteiger partial charge in [0.1, 0.15) is 24.1 Å². The summed E-state index contributed by atoms with van der Waals surface area (Å²) in [6.45, 7) is 2.35. The zero-order valence-electron chi connectivity index (χ0n) is 14.5. The van der Waals surface area contributed by atoms with Crippen LogP contribution < -0.4 is 31.0 Å². The molecule has 134 valence electrons. The first-order valence-electron chi connectivity index (χ1n) is 8.40. The van der Waals surface area contributed by atoms with E-state index < -0.39 is 10.9 Å². The first kappa shape index (κ1) is 17.3. The highest BCUT2D eigenvalue weighted by atomic mass is 16.6. The lowest BCUT2D eigenvalue weighted by Gasteiger charge is -2.27. The Morgan fingerprint density at radius 1 is 1.08 bits per heavy atom. The van der Waals surface area contributed by atoms with Gasteiger partial charge in [0.15, 0.2) is 11.5 Å². The first-order valence-corrected chi connectivity index (χ1v) is 8.40. The minimum atomic E-state index is -0.479. The van der Waals surface area contributed by atoms with Crippen molar-refractivity contribution in [2.45, 2.75) is 12.5 Å². The van der Waals surface area contributed by atoms with Crippen molar-refractivity contribution in [2.75, 3.05) is 51.0 Å². The van der Waals surface area contributed by atoms with Gasteiger partial charge >= 0.3 is 0 Å². The number of hydrogen-bond acceptors (Lipinski definition) is 7. The maximum Gasteiger partial charge on any atom is 0.253 e. The van der Waals surface area contributed by atoms with Gasteiger partial charge in [0.05, 0.1) is 6.54 Å². The molecule has 0 radical (unpaired) electrons. The molecule has 0 saturated heterocycles. The van der Waals surface area contributed by atoms with Crippen LogP contribution in [0.15, 0.2) is 33.9 Å². The average molecular weight is 345 g/mol. The Balaban J connectivity index is 1.53. The van der Waals surface area contributed by atoms with E-state index in [1.54, 1.807) is 0 Å². The van der Waals surface area contributed by atoms with Crippen molar-refractivity contribution in [3.63, 3.8) is 0 Å². The first-order chi connectivity index (χ1) is 12.1. The molecule has 0 aliphatic carbocycles. The topological polar surface area (TPSA) is 79.9 Å². The van der Waals surface area contributed by atoms with Gasteiger partial charge < -0.3 is 25.0 Å². The molecule has 0 aromatic heterocycles. The average Bonchev–Trinajstić information content (AvgIpc) is 2.62. The minimum absolute atomic E-state index is 0.221. The van der Waals surface area contributed by atoms with Crippen LogP contribution in [0.25, 0.3) is 0 Å². The van der Waals surface area contributed by atoms with Gasteiger partial charge in [-0.1, -0.05) is 12.1 Å². The Labute approximate surface area is 146 Å². The van der Waals surface area contributed by atoms with E-state index in [0.717, 1.165) is 18.7 Å². The predicted molar refractivity (Wildman–Crippen MR) is 97.9 cm³/mol. The molecule has 0 saturated carbocycles. The number of ether oxygens (including phenoxy) is 2. The number of nitrogens with one attached hydrogen (secondary N) is 2. The second-order valence-electron chi connectivity index (χ2n) is 6.37. The number of hydrogen-bond donors (Lipinski definition) is 2. The van der Waals surface area contributed by atoms with Gasteiger partial charge in [-0.05, 0) is 39.2 Å². The summed E-state index contributed by atoms with van der Waals surface area (Å²) in [7, 11) is 3.99. The Bertz CT molecular complexity index is 796. The number of nitrogens with zero attached hydrogens (tertiary/aromatic N) is 1. The van der Waals surface area contributed by atoms with Gasteiger partial charge in [-0.2, -0.15) is 0 Å². The van der Waals surface area contributed by atoms with Crippen LogP contribution >= 0.6 is 0 Å². The van der Waals surface area contributed by atoms with Gasteiger partial charge in [0.2, 0.25) is 0 Å². The van der Waals surface area contributed by atoms with E-state index in [9.17, 15) is 9.59 Å². The lowest BCUT2D eigenvalue weighted by atomic mass is 10.1. The molecule has 0 bridgehead atoms. The second-order valence-corrected chi connectivity index (χ2v) is 6.37. The standard InChI is InChI=1S/C18H23N3O4/c1-21(2)9-5-8-19-15-16(18(23)17(15)22)20-10-12-11-24-13-6-3-4-7-14(13)25-12/h3-4,6-7,12,19-20H,5,8-11H2,1-2H3/t12-/m0/s1. The normalized spacial score (nSPS) is 16.2. The highest BCUT2D eigenvalue weighted by molar-refractivity contribution is 5.73. The van der Waals surface area contributed by atoms with Crippen LogP contribution in [0.4, 0.5) is 11.4 Å². The third kappa shape index (κ3) is 3.93. The number of benzene rings is 1. The molecule has 1 atom stereocenters. The summed E-state index contributed by atoms with van der Waals surface area (Å²) in [5.74, 6) is 1.41. The zero-order chi connectivity index (χ0) is 17.8. The number of anilines is 2. The highest BCUT2D eigenvalue weighted by Crippen LogP contribution is 2.30. The molecule has 3 rings (SSSR count). The van der Waals surface area contributed by atoms with Gasteiger partial charge in [-0.25, -0.2) is 0 Å². The van der Waals surface area contributed by atoms with Crippen LogP contribution in [0.3, 0.4) is 0 Å². The molecule has 0 spiro atoms. The van der Waals surface area contributed by atoms with E-state index in [2.05, 4.69) is 15.5 Å². The van der Waals surface area contributed by atoms with Gasteiger partial charge in [-0.15, -0.1) is 0 Å². The lowest BCUT2D eigenvalue weighted by molar-refractivity contribution is 0.0997. The van der Waals surface area contributed by atoms with Crippen LogP contribution in [0.2, 0.25) is 0 Å². The quantitative estimate of drug-likeness (QED) is 0.543. The lowest BCUT2D eigenvalue weighted by Crippen LogP contribution is -2.41. The molecule has 7 heteroatoms. The van der Waals surface area contributed by atoms with Crippen LogP contribution in [-0.2, 0) is 0 Å². The molecule has 25 heavy (non-hydrogen) atoms. The Morgan fingerprint density at radius 2 is 1.76 bits per heavy atom. The molecule has 0 fully saturated rings. The molecule has 0 amide bonds. The molecule has 2 aromatic rings. The third-order valence-corrected chi connectivity index (χ3v) is 4.07. The number of fused-ring (bicyclic) bond motifs is 1. The minimum Gasteiger partial charge on any atom is -0.486 e. The van der Waals surface area contributed by atoms with Crippen molar-refractivity contribution in [1.29, 1.82) is 0 Å². The molecule has 1 heterocycles. The molecule has 2 N–H and O–H groups in total. The van der Waals surface area contributed by atoms with E-state index in [0.29, 0.717) is 36.8 Å². The van der Waals surface area contributed by atoms with E-state index >= 15 is 0 Å². The fourth-order valence-corrected chi connectivity index (χ4v) is 2.72. The summed E-state index contributed by atoms with van der Waals surface area (Å²) in [6.07, 6.45) is 0.669. The molecule has 2 aromatic carbocycles. The Hall–Kier alpha value is -2.54. The van der Waals surface area contributed by atoms with E-state index in [4.69, 9.17) is 9.47 Å². The SMILES string of the molecule is CN(C)CCCNc1c(NC[C@H]2COc3ccccc3O2)c(=O)c1=O. The third-order valence-electron chi connectivity index (χ3n) is 4.07.